The van der Waals surface area contributed by atoms with Gasteiger partial charge in [-0.3, -0.25) is 20.1 Å². The number of thioether (sulfide) groups is 1. The van der Waals surface area contributed by atoms with Crippen LogP contribution >= 0.6 is 27.7 Å². The van der Waals surface area contributed by atoms with Crippen LogP contribution in [0.25, 0.3) is 5.70 Å². The molecule has 27 heavy (non-hydrogen) atoms. The van der Waals surface area contributed by atoms with E-state index in [1.54, 1.807) is 29.2 Å². The summed E-state index contributed by atoms with van der Waals surface area (Å²) in [5.41, 5.74) is 1.45. The lowest BCUT2D eigenvalue weighted by molar-refractivity contribution is -0.116. The number of hydrogen-bond acceptors (Lipinski definition) is 6. The Morgan fingerprint density at radius 3 is 2.85 bits per heavy atom. The fraction of sp³-hybridized carbons (Fsp3) is 0.263. The van der Waals surface area contributed by atoms with Gasteiger partial charge in [-0.1, -0.05) is 41.0 Å². The van der Waals surface area contributed by atoms with E-state index in [-0.39, 0.29) is 5.91 Å². The van der Waals surface area contributed by atoms with Crippen molar-refractivity contribution in [2.75, 3.05) is 5.75 Å². The Balaban J connectivity index is 1.86. The number of aromatic nitrogens is 1. The molecule has 4 rings (SSSR count). The summed E-state index contributed by atoms with van der Waals surface area (Å²) in [6.07, 6.45) is 5.23. The summed E-state index contributed by atoms with van der Waals surface area (Å²) < 4.78 is 0.895. The van der Waals surface area contributed by atoms with Crippen LogP contribution in [0.4, 0.5) is 0 Å². The molecule has 0 saturated carbocycles. The van der Waals surface area contributed by atoms with Crippen LogP contribution in [0, 0.1) is 0 Å². The van der Waals surface area contributed by atoms with Crippen LogP contribution in [-0.4, -0.2) is 26.8 Å². The Labute approximate surface area is 169 Å². The number of amidine groups is 1. The molecule has 2 aliphatic heterocycles. The number of hydrazone groups is 1. The molecule has 6 nitrogen and oxygen atoms in total. The molecular weight excluding hydrogens is 426 g/mol. The van der Waals surface area contributed by atoms with E-state index < -0.39 is 6.17 Å². The van der Waals surface area contributed by atoms with Crippen LogP contribution in [-0.2, 0) is 4.79 Å². The van der Waals surface area contributed by atoms with Gasteiger partial charge in [0.1, 0.15) is 5.70 Å². The number of unbranched alkanes of at least 4 members (excludes halogenated alkanes) is 1. The maximum absolute atomic E-state index is 13.0. The lowest BCUT2D eigenvalue weighted by Crippen LogP contribution is -2.50. The second-order valence-electron chi connectivity index (χ2n) is 6.20. The highest BCUT2D eigenvalue weighted by Crippen LogP contribution is 2.30. The zero-order valence-electron chi connectivity index (χ0n) is 14.7. The lowest BCUT2D eigenvalue weighted by Gasteiger charge is -2.34. The Kier molecular flexibility index (Phi) is 5.27. The average Bonchev–Trinajstić information content (AvgIpc) is 2.68. The first kappa shape index (κ1) is 18.2. The molecular formula is C19H18BrN5OS. The largest absolute Gasteiger partial charge is 0.298 e. The average molecular weight is 444 g/mol. The Hall–Kier alpha value is -2.19. The van der Waals surface area contributed by atoms with Crippen molar-refractivity contribution in [2.45, 2.75) is 25.9 Å². The Bertz CT molecular complexity index is 1020. The van der Waals surface area contributed by atoms with E-state index in [4.69, 9.17) is 10.1 Å². The third-order valence-corrected chi connectivity index (χ3v) is 5.75. The summed E-state index contributed by atoms with van der Waals surface area (Å²) in [5.74, 6) is 0.759. The number of hydrogen-bond donors (Lipinski definition) is 1. The normalized spacial score (nSPS) is 18.2. The molecule has 1 atom stereocenters. The monoisotopic (exact) mass is 443 g/mol. The number of pyridine rings is 1. The summed E-state index contributed by atoms with van der Waals surface area (Å²) >= 11 is 5.05. The zero-order chi connectivity index (χ0) is 18.8. The van der Waals surface area contributed by atoms with Gasteiger partial charge in [0.25, 0.3) is 5.91 Å². The number of carbonyl (C=O) groups excluding carboxylic acids is 1. The third-order valence-electron chi connectivity index (χ3n) is 4.31. The van der Waals surface area contributed by atoms with Gasteiger partial charge in [0.2, 0.25) is 0 Å². The molecule has 3 heterocycles. The molecule has 0 radical (unpaired) electrons. The van der Waals surface area contributed by atoms with Gasteiger partial charge in [-0.15, -0.1) is 5.10 Å². The van der Waals surface area contributed by atoms with Crippen LogP contribution < -0.4 is 15.9 Å². The predicted octanol–water partition coefficient (Wildman–Crippen LogP) is 2.52. The van der Waals surface area contributed by atoms with Crippen molar-refractivity contribution in [1.29, 1.82) is 0 Å². The first-order valence-electron chi connectivity index (χ1n) is 8.77. The highest BCUT2D eigenvalue weighted by atomic mass is 79.9. The van der Waals surface area contributed by atoms with Crippen LogP contribution in [0.3, 0.4) is 0 Å². The first-order chi connectivity index (χ1) is 13.2. The summed E-state index contributed by atoms with van der Waals surface area (Å²) in [5, 5.41) is 11.6. The molecule has 0 aliphatic carbocycles. The van der Waals surface area contributed by atoms with Crippen molar-refractivity contribution < 1.29 is 4.79 Å². The molecule has 2 aliphatic rings. The van der Waals surface area contributed by atoms with E-state index in [0.717, 1.165) is 39.2 Å². The summed E-state index contributed by atoms with van der Waals surface area (Å²) in [7, 11) is 0. The second-order valence-corrected chi connectivity index (χ2v) is 8.20. The highest BCUT2D eigenvalue weighted by molar-refractivity contribution is 9.10. The van der Waals surface area contributed by atoms with Gasteiger partial charge in [-0.05, 0) is 36.8 Å². The van der Waals surface area contributed by atoms with E-state index in [0.29, 0.717) is 10.9 Å². The van der Waals surface area contributed by atoms with Crippen LogP contribution in [0.2, 0.25) is 0 Å². The van der Waals surface area contributed by atoms with Crippen LogP contribution in [0.15, 0.2) is 57.3 Å². The number of fused-ring (bicyclic) bond motifs is 2. The third kappa shape index (κ3) is 3.64. The summed E-state index contributed by atoms with van der Waals surface area (Å²) in [4.78, 5) is 21.9. The molecule has 1 aromatic carbocycles. The molecule has 0 fully saturated rings. The maximum atomic E-state index is 13.0. The summed E-state index contributed by atoms with van der Waals surface area (Å²) in [6, 6.07) is 9.57. The minimum atomic E-state index is -0.399. The predicted molar refractivity (Wildman–Crippen MR) is 110 cm³/mol. The topological polar surface area (TPSA) is 70.0 Å². The minimum absolute atomic E-state index is 0.155. The number of benzene rings is 1. The fourth-order valence-corrected chi connectivity index (χ4v) is 4.28. The molecule has 2 aromatic rings. The van der Waals surface area contributed by atoms with E-state index in [1.165, 1.54) is 0 Å². The Morgan fingerprint density at radius 1 is 1.26 bits per heavy atom. The molecule has 0 spiro atoms. The van der Waals surface area contributed by atoms with Gasteiger partial charge in [0, 0.05) is 33.4 Å². The van der Waals surface area contributed by atoms with Crippen molar-refractivity contribution in [3.63, 3.8) is 0 Å². The van der Waals surface area contributed by atoms with Crippen LogP contribution in [0.1, 0.15) is 31.5 Å². The number of rotatable bonds is 4. The summed E-state index contributed by atoms with van der Waals surface area (Å²) in [6.45, 7) is 2.14. The van der Waals surface area contributed by atoms with Crippen molar-refractivity contribution >= 4 is 44.5 Å². The zero-order valence-corrected chi connectivity index (χ0v) is 17.1. The van der Waals surface area contributed by atoms with E-state index in [2.05, 4.69) is 33.2 Å². The molecule has 0 saturated heterocycles. The number of carbonyl (C=O) groups is 1. The van der Waals surface area contributed by atoms with Gasteiger partial charge in [-0.25, -0.2) is 5.01 Å². The number of amides is 1. The molecule has 1 aromatic heterocycles. The maximum Gasteiger partial charge on any atom is 0.276 e. The van der Waals surface area contributed by atoms with E-state index in [1.807, 2.05) is 30.3 Å². The van der Waals surface area contributed by atoms with Crippen molar-refractivity contribution in [2.24, 2.45) is 10.1 Å². The van der Waals surface area contributed by atoms with Crippen molar-refractivity contribution in [3.8, 4) is 0 Å². The van der Waals surface area contributed by atoms with E-state index in [9.17, 15) is 4.79 Å². The Morgan fingerprint density at radius 2 is 2.07 bits per heavy atom. The van der Waals surface area contributed by atoms with E-state index >= 15 is 0 Å². The number of nitrogens with one attached hydrogen (secondary N) is 1. The molecule has 8 heteroatoms. The number of halogens is 1. The first-order valence-corrected chi connectivity index (χ1v) is 10.5. The van der Waals surface area contributed by atoms with Crippen molar-refractivity contribution in [3.05, 3.63) is 63.3 Å². The van der Waals surface area contributed by atoms with Crippen molar-refractivity contribution in [1.82, 2.24) is 15.3 Å². The van der Waals surface area contributed by atoms with Crippen LogP contribution in [0.5, 0.6) is 0 Å². The molecule has 1 amide bonds. The minimum Gasteiger partial charge on any atom is -0.298 e. The lowest BCUT2D eigenvalue weighted by atomic mass is 10.1. The number of nitrogens with zero attached hydrogens (tertiary/aromatic N) is 4. The van der Waals surface area contributed by atoms with Gasteiger partial charge < -0.3 is 0 Å². The van der Waals surface area contributed by atoms with Gasteiger partial charge in [0.05, 0.1) is 5.36 Å². The van der Waals surface area contributed by atoms with Gasteiger partial charge >= 0.3 is 0 Å². The van der Waals surface area contributed by atoms with Gasteiger partial charge in [0.15, 0.2) is 11.3 Å². The standard InChI is InChI=1S/C19H18BrN5OS/c1-2-3-10-27-19-23-18(26)16-14-11-13(20)4-5-15(14)22-17(25(16)24-19)12-6-8-21-9-7-12/h4-9,11,17H,2-3,10H2,1H3,(H,23,24,26)/t17-/m0/s1. The quantitative estimate of drug-likeness (QED) is 0.736. The fourth-order valence-electron chi connectivity index (χ4n) is 2.98. The SMILES string of the molecule is CCCCSC1=NN2C(=c3cc(Br)ccc3=N[C@@H]2c2ccncc2)C(=O)N1. The molecule has 1 N–H and O–H groups in total. The molecule has 0 unspecified atom stereocenters. The smallest absolute Gasteiger partial charge is 0.276 e. The molecule has 138 valence electrons. The highest BCUT2D eigenvalue weighted by Gasteiger charge is 2.34. The van der Waals surface area contributed by atoms with Gasteiger partial charge in [-0.2, -0.15) is 0 Å². The molecule has 0 bridgehead atoms. The second kappa shape index (κ2) is 7.82.